The van der Waals surface area contributed by atoms with Crippen molar-refractivity contribution in [1.29, 1.82) is 0 Å². The van der Waals surface area contributed by atoms with Crippen LogP contribution in [0.3, 0.4) is 0 Å². The summed E-state index contributed by atoms with van der Waals surface area (Å²) in [5.41, 5.74) is 1.94. The fourth-order valence-electron chi connectivity index (χ4n) is 3.46. The molecule has 0 radical (unpaired) electrons. The standard InChI is InChI=1S/C17H14O5.C11H12O4/c1-20-11-5-3-10(4-6-11)13-9-22-16-12(15(13)19)7-8-14(18)17(16)21-2;1-14-9-5-3-8(4-6-11(12)13)7-10(9)15-2/h3-9,18H,1-2H3;3-7H,1-2H3,(H,12,13). The van der Waals surface area contributed by atoms with E-state index in [4.69, 9.17) is 28.5 Å². The van der Waals surface area contributed by atoms with E-state index in [-0.39, 0.29) is 22.5 Å². The lowest BCUT2D eigenvalue weighted by Crippen LogP contribution is -2.05. The number of fused-ring (bicyclic) bond motifs is 1. The summed E-state index contributed by atoms with van der Waals surface area (Å²) in [4.78, 5) is 22.9. The van der Waals surface area contributed by atoms with Gasteiger partial charge in [0.2, 0.25) is 11.2 Å². The van der Waals surface area contributed by atoms with Gasteiger partial charge in [-0.05, 0) is 53.6 Å². The van der Waals surface area contributed by atoms with Crippen molar-refractivity contribution in [3.05, 3.63) is 82.7 Å². The van der Waals surface area contributed by atoms with E-state index in [2.05, 4.69) is 0 Å². The van der Waals surface area contributed by atoms with Crippen LogP contribution in [0.4, 0.5) is 0 Å². The quantitative estimate of drug-likeness (QED) is 0.334. The number of rotatable bonds is 7. The van der Waals surface area contributed by atoms with E-state index in [1.54, 1.807) is 56.7 Å². The van der Waals surface area contributed by atoms with Crippen LogP contribution in [0.25, 0.3) is 28.2 Å². The highest BCUT2D eigenvalue weighted by Gasteiger charge is 2.15. The molecule has 0 bridgehead atoms. The van der Waals surface area contributed by atoms with Gasteiger partial charge in [0.25, 0.3) is 0 Å². The number of carboxylic acid groups (broad SMARTS) is 1. The molecule has 0 saturated carbocycles. The van der Waals surface area contributed by atoms with Crippen LogP contribution in [-0.2, 0) is 4.79 Å². The number of benzene rings is 3. The molecule has 1 heterocycles. The number of ether oxygens (including phenoxy) is 4. The Balaban J connectivity index is 0.000000222. The van der Waals surface area contributed by atoms with Crippen molar-refractivity contribution < 1.29 is 38.4 Å². The van der Waals surface area contributed by atoms with Gasteiger partial charge < -0.3 is 33.6 Å². The topological polar surface area (TPSA) is 125 Å². The maximum Gasteiger partial charge on any atom is 0.328 e. The van der Waals surface area contributed by atoms with E-state index >= 15 is 0 Å². The van der Waals surface area contributed by atoms with Crippen molar-refractivity contribution in [1.82, 2.24) is 0 Å². The van der Waals surface area contributed by atoms with Gasteiger partial charge in [-0.1, -0.05) is 18.2 Å². The van der Waals surface area contributed by atoms with Gasteiger partial charge in [0.1, 0.15) is 12.0 Å². The second kappa shape index (κ2) is 12.2. The third kappa shape index (κ3) is 6.21. The molecule has 0 aliphatic heterocycles. The van der Waals surface area contributed by atoms with Crippen LogP contribution in [0.5, 0.6) is 28.7 Å². The van der Waals surface area contributed by atoms with Crippen molar-refractivity contribution in [2.45, 2.75) is 0 Å². The first-order valence-electron chi connectivity index (χ1n) is 10.9. The Morgan fingerprint density at radius 1 is 0.865 bits per heavy atom. The highest BCUT2D eigenvalue weighted by molar-refractivity contribution is 5.88. The number of carbonyl (C=O) groups is 1. The predicted molar refractivity (Wildman–Crippen MR) is 139 cm³/mol. The molecule has 1 aromatic heterocycles. The first kappa shape index (κ1) is 26.7. The third-order valence-electron chi connectivity index (χ3n) is 5.31. The first-order chi connectivity index (χ1) is 17.8. The molecular weight excluding hydrogens is 480 g/mol. The van der Waals surface area contributed by atoms with Gasteiger partial charge in [-0.2, -0.15) is 0 Å². The van der Waals surface area contributed by atoms with Crippen molar-refractivity contribution >= 4 is 23.0 Å². The molecule has 0 amide bonds. The molecule has 3 aromatic carbocycles. The molecule has 4 rings (SSSR count). The molecule has 9 heteroatoms. The average Bonchev–Trinajstić information content (AvgIpc) is 2.92. The summed E-state index contributed by atoms with van der Waals surface area (Å²) < 4.78 is 25.8. The number of phenols is 1. The zero-order valence-corrected chi connectivity index (χ0v) is 20.7. The van der Waals surface area contributed by atoms with Crippen LogP contribution >= 0.6 is 0 Å². The molecule has 9 nitrogen and oxygen atoms in total. The molecule has 0 spiro atoms. The molecule has 0 unspecified atom stereocenters. The zero-order chi connectivity index (χ0) is 26.9. The molecule has 192 valence electrons. The van der Waals surface area contributed by atoms with Crippen LogP contribution < -0.4 is 24.4 Å². The fraction of sp³-hybridized carbons (Fsp3) is 0.143. The van der Waals surface area contributed by atoms with Gasteiger partial charge in [0, 0.05) is 6.08 Å². The maximum atomic E-state index is 12.6. The van der Waals surface area contributed by atoms with E-state index in [1.165, 1.54) is 38.7 Å². The van der Waals surface area contributed by atoms with E-state index in [0.29, 0.717) is 28.2 Å². The summed E-state index contributed by atoms with van der Waals surface area (Å²) in [6.45, 7) is 0. The second-order valence-corrected chi connectivity index (χ2v) is 7.49. The van der Waals surface area contributed by atoms with Crippen molar-refractivity contribution in [2.24, 2.45) is 0 Å². The second-order valence-electron chi connectivity index (χ2n) is 7.49. The Morgan fingerprint density at radius 3 is 2.16 bits per heavy atom. The lowest BCUT2D eigenvalue weighted by atomic mass is 10.1. The Bertz CT molecular complexity index is 1470. The Kier molecular flexibility index (Phi) is 8.77. The average molecular weight is 507 g/mol. The SMILES string of the molecule is COc1ccc(-c2coc3c(OC)c(O)ccc3c2=O)cc1.COc1ccc(C=CC(=O)O)cc1OC. The Hall–Kier alpha value is -4.92. The molecule has 0 atom stereocenters. The van der Waals surface area contributed by atoms with Crippen molar-refractivity contribution in [2.75, 3.05) is 28.4 Å². The van der Waals surface area contributed by atoms with E-state index in [9.17, 15) is 14.7 Å². The predicted octanol–water partition coefficient (Wildman–Crippen LogP) is 4.98. The number of aromatic hydroxyl groups is 1. The highest BCUT2D eigenvalue weighted by Crippen LogP contribution is 2.34. The number of phenolic OH excluding ortho intramolecular Hbond substituents is 1. The summed E-state index contributed by atoms with van der Waals surface area (Å²) >= 11 is 0. The zero-order valence-electron chi connectivity index (χ0n) is 20.7. The molecular formula is C28H26O9. The molecule has 0 aliphatic carbocycles. The minimum atomic E-state index is -0.982. The van der Waals surface area contributed by atoms with Crippen LogP contribution in [0.2, 0.25) is 0 Å². The highest BCUT2D eigenvalue weighted by atomic mass is 16.5. The smallest absolute Gasteiger partial charge is 0.328 e. The van der Waals surface area contributed by atoms with Gasteiger partial charge >= 0.3 is 5.97 Å². The molecule has 2 N–H and O–H groups in total. The number of methoxy groups -OCH3 is 4. The lowest BCUT2D eigenvalue weighted by Gasteiger charge is -2.08. The van der Waals surface area contributed by atoms with Crippen LogP contribution in [0.1, 0.15) is 5.56 Å². The van der Waals surface area contributed by atoms with Crippen molar-refractivity contribution in [3.8, 4) is 39.9 Å². The number of hydrogen-bond acceptors (Lipinski definition) is 8. The fourth-order valence-corrected chi connectivity index (χ4v) is 3.46. The van der Waals surface area contributed by atoms with E-state index in [0.717, 1.165) is 17.2 Å². The normalized spacial score (nSPS) is 10.5. The van der Waals surface area contributed by atoms with E-state index in [1.807, 2.05) is 0 Å². The minimum Gasteiger partial charge on any atom is -0.504 e. The van der Waals surface area contributed by atoms with Gasteiger partial charge in [-0.15, -0.1) is 0 Å². The summed E-state index contributed by atoms with van der Waals surface area (Å²) in [5.74, 6) is 0.992. The van der Waals surface area contributed by atoms with Gasteiger partial charge in [-0.3, -0.25) is 4.79 Å². The van der Waals surface area contributed by atoms with Gasteiger partial charge in [-0.25, -0.2) is 4.79 Å². The third-order valence-corrected chi connectivity index (χ3v) is 5.31. The van der Waals surface area contributed by atoms with Crippen LogP contribution in [0, 0.1) is 0 Å². The van der Waals surface area contributed by atoms with E-state index < -0.39 is 5.97 Å². The van der Waals surface area contributed by atoms with Crippen LogP contribution in [-0.4, -0.2) is 44.6 Å². The van der Waals surface area contributed by atoms with Crippen LogP contribution in [0.15, 0.2) is 76.1 Å². The molecule has 0 fully saturated rings. The molecule has 0 aliphatic rings. The Morgan fingerprint density at radius 2 is 1.57 bits per heavy atom. The summed E-state index contributed by atoms with van der Waals surface area (Å²) in [7, 11) is 6.07. The number of aliphatic carboxylic acids is 1. The summed E-state index contributed by atoms with van der Waals surface area (Å²) in [6.07, 6.45) is 3.93. The number of hydrogen-bond donors (Lipinski definition) is 2. The Labute approximate surface area is 212 Å². The molecule has 37 heavy (non-hydrogen) atoms. The maximum absolute atomic E-state index is 12.6. The number of carboxylic acids is 1. The summed E-state index contributed by atoms with van der Waals surface area (Å²) in [5, 5.41) is 18.6. The molecule has 4 aromatic rings. The van der Waals surface area contributed by atoms with Gasteiger partial charge in [0.15, 0.2) is 22.8 Å². The van der Waals surface area contributed by atoms with Gasteiger partial charge in [0.05, 0.1) is 39.4 Å². The summed E-state index contributed by atoms with van der Waals surface area (Å²) in [6, 6.07) is 15.2. The van der Waals surface area contributed by atoms with Crippen molar-refractivity contribution in [3.63, 3.8) is 0 Å². The first-order valence-corrected chi connectivity index (χ1v) is 10.9. The minimum absolute atomic E-state index is 0.0738. The largest absolute Gasteiger partial charge is 0.504 e. The monoisotopic (exact) mass is 506 g/mol. The molecule has 0 saturated heterocycles. The lowest BCUT2D eigenvalue weighted by molar-refractivity contribution is -0.131.